The van der Waals surface area contributed by atoms with Gasteiger partial charge in [-0.05, 0) is 25.5 Å². The molecule has 0 aliphatic heterocycles. The van der Waals surface area contributed by atoms with Crippen molar-refractivity contribution in [1.82, 2.24) is 9.55 Å². The van der Waals surface area contributed by atoms with Gasteiger partial charge in [0.2, 0.25) is 0 Å². The zero-order valence-corrected chi connectivity index (χ0v) is 12.1. The van der Waals surface area contributed by atoms with Gasteiger partial charge in [-0.2, -0.15) is 0 Å². The van der Waals surface area contributed by atoms with E-state index in [9.17, 15) is 9.18 Å². The number of thioether (sulfide) groups is 1. The van der Waals surface area contributed by atoms with E-state index in [2.05, 4.69) is 11.6 Å². The maximum absolute atomic E-state index is 13.6. The smallest absolute Gasteiger partial charge is 0.313 e. The van der Waals surface area contributed by atoms with Crippen LogP contribution < -0.4 is 0 Å². The lowest BCUT2D eigenvalue weighted by atomic mass is 10.2. The number of carboxylic acids is 1. The molecule has 1 aromatic heterocycles. The van der Waals surface area contributed by atoms with Crippen LogP contribution >= 0.6 is 11.8 Å². The van der Waals surface area contributed by atoms with Gasteiger partial charge in [0.15, 0.2) is 5.16 Å². The summed E-state index contributed by atoms with van der Waals surface area (Å²) in [5.74, 6) is -1.32. The van der Waals surface area contributed by atoms with Crippen LogP contribution in [0.25, 0.3) is 11.0 Å². The standard InChI is InChI=1S/C14H15FN2O2S/c1-4-9(3)17-12-5-8(2)10(15)6-11(12)16-14(17)20-7-13(18)19/h4-6,9H,1,7H2,2-3H3,(H,18,19). The number of fused-ring (bicyclic) bond motifs is 1. The van der Waals surface area contributed by atoms with Crippen LogP contribution in [0.3, 0.4) is 0 Å². The summed E-state index contributed by atoms with van der Waals surface area (Å²) in [6, 6.07) is 3.05. The Kier molecular flexibility index (Phi) is 4.13. The van der Waals surface area contributed by atoms with E-state index in [1.54, 1.807) is 19.1 Å². The van der Waals surface area contributed by atoms with Crippen molar-refractivity contribution in [1.29, 1.82) is 0 Å². The normalized spacial score (nSPS) is 12.6. The molecule has 106 valence electrons. The van der Waals surface area contributed by atoms with Crippen molar-refractivity contribution >= 4 is 28.8 Å². The Labute approximate surface area is 120 Å². The van der Waals surface area contributed by atoms with E-state index in [-0.39, 0.29) is 17.6 Å². The lowest BCUT2D eigenvalue weighted by molar-refractivity contribution is -0.133. The van der Waals surface area contributed by atoms with Gasteiger partial charge in [-0.1, -0.05) is 17.8 Å². The summed E-state index contributed by atoms with van der Waals surface area (Å²) in [4.78, 5) is 15.0. The molecule has 2 rings (SSSR count). The zero-order chi connectivity index (χ0) is 14.9. The Morgan fingerprint density at radius 3 is 2.95 bits per heavy atom. The molecule has 0 fully saturated rings. The van der Waals surface area contributed by atoms with Crippen LogP contribution in [0.5, 0.6) is 0 Å². The highest BCUT2D eigenvalue weighted by Crippen LogP contribution is 2.29. The Morgan fingerprint density at radius 1 is 1.65 bits per heavy atom. The molecule has 0 bridgehead atoms. The van der Waals surface area contributed by atoms with Crippen LogP contribution in [0.1, 0.15) is 18.5 Å². The number of hydrogen-bond acceptors (Lipinski definition) is 3. The van der Waals surface area contributed by atoms with Crippen LogP contribution in [0.15, 0.2) is 29.9 Å². The highest BCUT2D eigenvalue weighted by atomic mass is 32.2. The fourth-order valence-corrected chi connectivity index (χ4v) is 2.74. The second-order valence-electron chi connectivity index (χ2n) is 4.51. The van der Waals surface area contributed by atoms with Gasteiger partial charge < -0.3 is 9.67 Å². The number of carbonyl (C=O) groups is 1. The first kappa shape index (κ1) is 14.6. The van der Waals surface area contributed by atoms with Gasteiger partial charge in [-0.25, -0.2) is 9.37 Å². The van der Waals surface area contributed by atoms with Crippen molar-refractivity contribution in [2.75, 3.05) is 5.75 Å². The average molecular weight is 294 g/mol. The topological polar surface area (TPSA) is 55.1 Å². The molecule has 1 aromatic carbocycles. The van der Waals surface area contributed by atoms with E-state index in [4.69, 9.17) is 5.11 Å². The van der Waals surface area contributed by atoms with Crippen molar-refractivity contribution in [2.24, 2.45) is 0 Å². The SMILES string of the molecule is C=CC(C)n1c(SCC(=O)O)nc2cc(F)c(C)cc21. The minimum absolute atomic E-state index is 0.0545. The van der Waals surface area contributed by atoms with Gasteiger partial charge in [-0.3, -0.25) is 4.79 Å². The molecule has 6 heteroatoms. The number of halogens is 1. The third-order valence-electron chi connectivity index (χ3n) is 3.01. The summed E-state index contributed by atoms with van der Waals surface area (Å²) >= 11 is 1.12. The first-order chi connectivity index (χ1) is 9.43. The van der Waals surface area contributed by atoms with Crippen molar-refractivity contribution in [3.8, 4) is 0 Å². The van der Waals surface area contributed by atoms with Crippen LogP contribution in [-0.4, -0.2) is 26.4 Å². The number of rotatable bonds is 5. The first-order valence-corrected chi connectivity index (χ1v) is 7.07. The fraction of sp³-hybridized carbons (Fsp3) is 0.286. The molecule has 20 heavy (non-hydrogen) atoms. The molecule has 0 spiro atoms. The summed E-state index contributed by atoms with van der Waals surface area (Å²) < 4.78 is 15.5. The highest BCUT2D eigenvalue weighted by Gasteiger charge is 2.17. The summed E-state index contributed by atoms with van der Waals surface area (Å²) in [5, 5.41) is 9.34. The number of nitrogens with zero attached hydrogens (tertiary/aromatic N) is 2. The van der Waals surface area contributed by atoms with E-state index in [0.29, 0.717) is 16.2 Å². The van der Waals surface area contributed by atoms with Crippen LogP contribution in [-0.2, 0) is 4.79 Å². The third kappa shape index (κ3) is 2.70. The van der Waals surface area contributed by atoms with Gasteiger partial charge in [0.25, 0.3) is 0 Å². The fourth-order valence-electron chi connectivity index (χ4n) is 1.93. The summed E-state index contributed by atoms with van der Waals surface area (Å²) in [6.45, 7) is 7.37. The lowest BCUT2D eigenvalue weighted by Crippen LogP contribution is -2.06. The maximum atomic E-state index is 13.6. The van der Waals surface area contributed by atoms with E-state index < -0.39 is 5.97 Å². The number of aliphatic carboxylic acids is 1. The Balaban J connectivity index is 2.60. The number of imidazole rings is 1. The summed E-state index contributed by atoms with van der Waals surface area (Å²) in [5.41, 5.74) is 1.84. The number of carboxylic acid groups (broad SMARTS) is 1. The third-order valence-corrected chi connectivity index (χ3v) is 3.95. The lowest BCUT2D eigenvalue weighted by Gasteiger charge is -2.13. The van der Waals surface area contributed by atoms with Gasteiger partial charge in [0.05, 0.1) is 22.8 Å². The van der Waals surface area contributed by atoms with Crippen LogP contribution in [0, 0.1) is 12.7 Å². The van der Waals surface area contributed by atoms with Gasteiger partial charge in [0, 0.05) is 6.07 Å². The molecule has 0 radical (unpaired) electrons. The molecule has 1 unspecified atom stereocenters. The molecular formula is C14H15FN2O2S. The number of allylic oxidation sites excluding steroid dienone is 1. The van der Waals surface area contributed by atoms with Gasteiger partial charge in [-0.15, -0.1) is 6.58 Å². The minimum Gasteiger partial charge on any atom is -0.481 e. The summed E-state index contributed by atoms with van der Waals surface area (Å²) in [7, 11) is 0. The largest absolute Gasteiger partial charge is 0.481 e. The van der Waals surface area contributed by atoms with Crippen LogP contribution in [0.4, 0.5) is 4.39 Å². The molecule has 1 atom stereocenters. The molecule has 0 saturated carbocycles. The summed E-state index contributed by atoms with van der Waals surface area (Å²) in [6.07, 6.45) is 1.74. The highest BCUT2D eigenvalue weighted by molar-refractivity contribution is 7.99. The molecule has 2 aromatic rings. The number of aromatic nitrogens is 2. The first-order valence-electron chi connectivity index (χ1n) is 6.09. The molecule has 0 aliphatic carbocycles. The molecule has 1 heterocycles. The quantitative estimate of drug-likeness (QED) is 0.678. The zero-order valence-electron chi connectivity index (χ0n) is 11.3. The molecule has 1 N–H and O–H groups in total. The monoisotopic (exact) mass is 294 g/mol. The predicted octanol–water partition coefficient (Wildman–Crippen LogP) is 3.41. The van der Waals surface area contributed by atoms with Gasteiger partial charge >= 0.3 is 5.97 Å². The van der Waals surface area contributed by atoms with Crippen molar-refractivity contribution in [3.63, 3.8) is 0 Å². The molecule has 0 saturated heterocycles. The average Bonchev–Trinajstić information content (AvgIpc) is 2.73. The van der Waals surface area contributed by atoms with Crippen LogP contribution in [0.2, 0.25) is 0 Å². The van der Waals surface area contributed by atoms with Gasteiger partial charge in [0.1, 0.15) is 5.82 Å². The predicted molar refractivity (Wildman–Crippen MR) is 77.7 cm³/mol. The van der Waals surface area contributed by atoms with Crippen molar-refractivity contribution in [2.45, 2.75) is 25.0 Å². The number of aryl methyl sites for hydroxylation is 1. The minimum atomic E-state index is -0.915. The maximum Gasteiger partial charge on any atom is 0.313 e. The molecule has 0 aliphatic rings. The van der Waals surface area contributed by atoms with E-state index in [0.717, 1.165) is 17.3 Å². The Morgan fingerprint density at radius 2 is 2.35 bits per heavy atom. The van der Waals surface area contributed by atoms with E-state index in [1.807, 2.05) is 11.5 Å². The molecule has 0 amide bonds. The van der Waals surface area contributed by atoms with Crippen molar-refractivity contribution in [3.05, 3.63) is 36.2 Å². The molecular weight excluding hydrogens is 279 g/mol. The molecule has 4 nitrogen and oxygen atoms in total. The Bertz CT molecular complexity index is 681. The second kappa shape index (κ2) is 5.66. The second-order valence-corrected chi connectivity index (χ2v) is 5.46. The van der Waals surface area contributed by atoms with Crippen molar-refractivity contribution < 1.29 is 14.3 Å². The number of hydrogen-bond donors (Lipinski definition) is 1. The van der Waals surface area contributed by atoms with E-state index >= 15 is 0 Å². The number of benzene rings is 1. The van der Waals surface area contributed by atoms with E-state index in [1.165, 1.54) is 6.07 Å². The Hall–Kier alpha value is -1.82.